The van der Waals surface area contributed by atoms with Crippen molar-refractivity contribution in [2.75, 3.05) is 5.32 Å². The summed E-state index contributed by atoms with van der Waals surface area (Å²) in [5.41, 5.74) is 1.22. The summed E-state index contributed by atoms with van der Waals surface area (Å²) >= 11 is 1.67. The van der Waals surface area contributed by atoms with E-state index in [1.54, 1.807) is 16.0 Å². The van der Waals surface area contributed by atoms with Crippen molar-refractivity contribution in [3.8, 4) is 5.69 Å². The highest BCUT2D eigenvalue weighted by atomic mass is 32.1. The van der Waals surface area contributed by atoms with Gasteiger partial charge in [-0.3, -0.25) is 4.79 Å². The minimum absolute atomic E-state index is 0.0686. The zero-order valence-electron chi connectivity index (χ0n) is 12.4. The summed E-state index contributed by atoms with van der Waals surface area (Å²) in [6.45, 7) is 3.55. The molecule has 0 radical (unpaired) electrons. The molecule has 0 aliphatic rings. The molecule has 1 N–H and O–H groups in total. The Morgan fingerprint density at radius 1 is 1.23 bits per heavy atom. The van der Waals surface area contributed by atoms with Gasteiger partial charge in [0.05, 0.1) is 11.7 Å². The number of carbonyl (C=O) groups excluding carboxylic acids is 1. The second-order valence-corrected chi connectivity index (χ2v) is 5.95. The zero-order chi connectivity index (χ0) is 15.5. The molecule has 6 heteroatoms. The molecule has 0 saturated carbocycles. The standard InChI is InChI=1S/C16H16N4OS/c1-11(14-9-6-10-22-14)17-16-15(12(2)21)18-19-20(16)13-7-4-3-5-8-13/h3-11,17H,1-2H3. The highest BCUT2D eigenvalue weighted by molar-refractivity contribution is 7.10. The lowest BCUT2D eigenvalue weighted by atomic mass is 10.2. The predicted molar refractivity (Wildman–Crippen MR) is 87.7 cm³/mol. The van der Waals surface area contributed by atoms with Gasteiger partial charge in [0.2, 0.25) is 0 Å². The molecule has 0 saturated heterocycles. The zero-order valence-corrected chi connectivity index (χ0v) is 13.2. The first-order chi connectivity index (χ1) is 10.7. The third-order valence-electron chi connectivity index (χ3n) is 3.33. The van der Waals surface area contributed by atoms with Gasteiger partial charge in [-0.2, -0.15) is 4.68 Å². The Labute approximate surface area is 132 Å². The van der Waals surface area contributed by atoms with Crippen LogP contribution < -0.4 is 5.32 Å². The highest BCUT2D eigenvalue weighted by Gasteiger charge is 2.20. The Morgan fingerprint density at radius 3 is 2.64 bits per heavy atom. The van der Waals surface area contributed by atoms with Crippen LogP contribution in [-0.4, -0.2) is 20.8 Å². The molecule has 2 aromatic heterocycles. The van der Waals surface area contributed by atoms with E-state index in [1.165, 1.54) is 11.8 Å². The van der Waals surface area contributed by atoms with Gasteiger partial charge in [0, 0.05) is 11.8 Å². The van der Waals surface area contributed by atoms with Crippen molar-refractivity contribution in [3.63, 3.8) is 0 Å². The van der Waals surface area contributed by atoms with Gasteiger partial charge in [0.1, 0.15) is 0 Å². The van der Waals surface area contributed by atoms with E-state index in [9.17, 15) is 4.79 Å². The molecule has 1 unspecified atom stereocenters. The monoisotopic (exact) mass is 312 g/mol. The van der Waals surface area contributed by atoms with Crippen molar-refractivity contribution in [3.05, 3.63) is 58.4 Å². The predicted octanol–water partition coefficient (Wildman–Crippen LogP) is 3.70. The third kappa shape index (κ3) is 2.78. The maximum absolute atomic E-state index is 11.8. The van der Waals surface area contributed by atoms with Crippen LogP contribution in [0.5, 0.6) is 0 Å². The minimum Gasteiger partial charge on any atom is -0.361 e. The van der Waals surface area contributed by atoms with Crippen LogP contribution in [0.1, 0.15) is 35.3 Å². The van der Waals surface area contributed by atoms with Gasteiger partial charge in [-0.25, -0.2) is 0 Å². The molecule has 0 spiro atoms. The quantitative estimate of drug-likeness (QED) is 0.730. The van der Waals surface area contributed by atoms with Crippen molar-refractivity contribution in [1.29, 1.82) is 0 Å². The molecule has 1 aromatic carbocycles. The van der Waals surface area contributed by atoms with Crippen LogP contribution in [0, 0.1) is 0 Å². The maximum Gasteiger partial charge on any atom is 0.183 e. The summed E-state index contributed by atoms with van der Waals surface area (Å²) < 4.78 is 1.67. The summed E-state index contributed by atoms with van der Waals surface area (Å²) in [5.74, 6) is 0.516. The van der Waals surface area contributed by atoms with E-state index < -0.39 is 0 Å². The van der Waals surface area contributed by atoms with Gasteiger partial charge in [0.25, 0.3) is 0 Å². The first kappa shape index (κ1) is 14.5. The minimum atomic E-state index is -0.108. The molecule has 0 aliphatic heterocycles. The summed E-state index contributed by atoms with van der Waals surface area (Å²) in [4.78, 5) is 13.0. The largest absolute Gasteiger partial charge is 0.361 e. The van der Waals surface area contributed by atoms with Crippen molar-refractivity contribution in [2.45, 2.75) is 19.9 Å². The molecule has 3 aromatic rings. The van der Waals surface area contributed by atoms with Gasteiger partial charge in [-0.1, -0.05) is 29.5 Å². The number of rotatable bonds is 5. The van der Waals surface area contributed by atoms with Crippen LogP contribution in [0.15, 0.2) is 47.8 Å². The van der Waals surface area contributed by atoms with E-state index in [4.69, 9.17) is 0 Å². The lowest BCUT2D eigenvalue weighted by Crippen LogP contribution is -2.12. The number of thiophene rings is 1. The van der Waals surface area contributed by atoms with Crippen molar-refractivity contribution in [1.82, 2.24) is 15.0 Å². The first-order valence-electron chi connectivity index (χ1n) is 6.99. The molecule has 22 heavy (non-hydrogen) atoms. The summed E-state index contributed by atoms with van der Waals surface area (Å²) in [6.07, 6.45) is 0. The average molecular weight is 312 g/mol. The van der Waals surface area contributed by atoms with Crippen molar-refractivity contribution in [2.24, 2.45) is 0 Å². The van der Waals surface area contributed by atoms with Crippen LogP contribution in [0.4, 0.5) is 5.82 Å². The lowest BCUT2D eigenvalue weighted by molar-refractivity contribution is 0.101. The number of aromatic nitrogens is 3. The Hall–Kier alpha value is -2.47. The molecule has 2 heterocycles. The second-order valence-electron chi connectivity index (χ2n) is 4.97. The highest BCUT2D eigenvalue weighted by Crippen LogP contribution is 2.26. The Kier molecular flexibility index (Phi) is 4.02. The Bertz CT molecular complexity index is 765. The van der Waals surface area contributed by atoms with E-state index >= 15 is 0 Å². The Balaban J connectivity index is 2.00. The van der Waals surface area contributed by atoms with Crippen LogP contribution in [0.3, 0.4) is 0 Å². The fourth-order valence-electron chi connectivity index (χ4n) is 2.21. The topological polar surface area (TPSA) is 59.8 Å². The van der Waals surface area contributed by atoms with Crippen molar-refractivity contribution >= 4 is 22.9 Å². The van der Waals surface area contributed by atoms with E-state index in [0.29, 0.717) is 11.5 Å². The molecule has 1 atom stereocenters. The van der Waals surface area contributed by atoms with E-state index in [1.807, 2.05) is 41.8 Å². The number of benzene rings is 1. The number of nitrogens with zero attached hydrogens (tertiary/aromatic N) is 3. The van der Waals surface area contributed by atoms with Gasteiger partial charge in [0.15, 0.2) is 17.3 Å². The summed E-state index contributed by atoms with van der Waals surface area (Å²) in [5, 5.41) is 13.6. The lowest BCUT2D eigenvalue weighted by Gasteiger charge is -2.15. The molecule has 0 amide bonds. The third-order valence-corrected chi connectivity index (χ3v) is 4.38. The van der Waals surface area contributed by atoms with Gasteiger partial charge in [-0.05, 0) is 30.5 Å². The van der Waals surface area contributed by atoms with Gasteiger partial charge in [-0.15, -0.1) is 16.4 Å². The smallest absolute Gasteiger partial charge is 0.183 e. The summed E-state index contributed by atoms with van der Waals surface area (Å²) in [6, 6.07) is 13.8. The van der Waals surface area contributed by atoms with E-state index in [-0.39, 0.29) is 11.8 Å². The molecule has 3 rings (SSSR count). The number of carbonyl (C=O) groups is 1. The number of Topliss-reactive ketones (excluding diaryl/α,β-unsaturated/α-hetero) is 1. The van der Waals surface area contributed by atoms with Crippen LogP contribution >= 0.6 is 11.3 Å². The van der Waals surface area contributed by atoms with Gasteiger partial charge < -0.3 is 5.32 Å². The SMILES string of the molecule is CC(=O)c1nnn(-c2ccccc2)c1NC(C)c1cccs1. The molecule has 0 aliphatic carbocycles. The van der Waals surface area contributed by atoms with Crippen LogP contribution in [0.2, 0.25) is 0 Å². The average Bonchev–Trinajstić information content (AvgIpc) is 3.17. The number of hydrogen-bond acceptors (Lipinski definition) is 5. The number of anilines is 1. The maximum atomic E-state index is 11.8. The van der Waals surface area contributed by atoms with E-state index in [0.717, 1.165) is 5.69 Å². The molecule has 5 nitrogen and oxygen atoms in total. The fourth-order valence-corrected chi connectivity index (χ4v) is 2.95. The van der Waals surface area contributed by atoms with Gasteiger partial charge >= 0.3 is 0 Å². The molecule has 112 valence electrons. The Morgan fingerprint density at radius 2 is 2.00 bits per heavy atom. The normalized spacial score (nSPS) is 12.1. The molecular weight excluding hydrogens is 296 g/mol. The molecule has 0 fully saturated rings. The second kappa shape index (κ2) is 6.11. The molecule has 0 bridgehead atoms. The number of hydrogen-bond donors (Lipinski definition) is 1. The van der Waals surface area contributed by atoms with E-state index in [2.05, 4.69) is 28.6 Å². The fraction of sp³-hybridized carbons (Fsp3) is 0.188. The van der Waals surface area contributed by atoms with Crippen LogP contribution in [-0.2, 0) is 0 Å². The summed E-state index contributed by atoms with van der Waals surface area (Å²) in [7, 11) is 0. The number of para-hydroxylation sites is 1. The first-order valence-corrected chi connectivity index (χ1v) is 7.87. The van der Waals surface area contributed by atoms with Crippen LogP contribution in [0.25, 0.3) is 5.69 Å². The molecular formula is C16H16N4OS. The van der Waals surface area contributed by atoms with Crippen molar-refractivity contribution < 1.29 is 4.79 Å². The number of nitrogens with one attached hydrogen (secondary N) is 1. The number of ketones is 1.